The molecule has 0 fully saturated rings. The Labute approximate surface area is 69.4 Å². The van der Waals surface area contributed by atoms with Crippen molar-refractivity contribution in [1.29, 1.82) is 0 Å². The molecule has 1 aliphatic heterocycles. The van der Waals surface area contributed by atoms with Crippen molar-refractivity contribution in [3.05, 3.63) is 0 Å². The van der Waals surface area contributed by atoms with Gasteiger partial charge in [-0.2, -0.15) is 0 Å². The van der Waals surface area contributed by atoms with Crippen molar-refractivity contribution in [2.24, 2.45) is 15.9 Å². The summed E-state index contributed by atoms with van der Waals surface area (Å²) in [6.45, 7) is 9.06. The van der Waals surface area contributed by atoms with Gasteiger partial charge in [-0.05, 0) is 19.3 Å². The van der Waals surface area contributed by atoms with E-state index in [1.54, 1.807) is 0 Å². The third-order valence-electron chi connectivity index (χ3n) is 1.42. The number of hydrogen-bond donors (Lipinski definition) is 0. The van der Waals surface area contributed by atoms with Crippen LogP contribution in [0.2, 0.25) is 0 Å². The predicted molar refractivity (Wildman–Crippen MR) is 51.6 cm³/mol. The fourth-order valence-corrected chi connectivity index (χ4v) is 0.768. The minimum absolute atomic E-state index is 0.672. The van der Waals surface area contributed by atoms with Gasteiger partial charge in [0, 0.05) is 12.8 Å². The summed E-state index contributed by atoms with van der Waals surface area (Å²) in [6, 6.07) is 0. The summed E-state index contributed by atoms with van der Waals surface area (Å²) in [6.07, 6.45) is 3.03. The number of rotatable bonds is 0. The summed E-state index contributed by atoms with van der Waals surface area (Å²) in [7, 11) is 0. The molecule has 64 valence electrons. The molecule has 2 nitrogen and oxygen atoms in total. The predicted octanol–water partition coefficient (Wildman–Crippen LogP) is 2.54. The van der Waals surface area contributed by atoms with Crippen LogP contribution in [0.4, 0.5) is 0 Å². The second-order valence-electron chi connectivity index (χ2n) is 2.54. The maximum absolute atomic E-state index is 4.22. The summed E-state index contributed by atoms with van der Waals surface area (Å²) >= 11 is 0. The fourth-order valence-electron chi connectivity index (χ4n) is 0.768. The van der Waals surface area contributed by atoms with E-state index in [1.165, 1.54) is 0 Å². The molecule has 1 unspecified atom stereocenters. The summed E-state index contributed by atoms with van der Waals surface area (Å²) in [5, 5.41) is 0. The van der Waals surface area contributed by atoms with Crippen LogP contribution >= 0.6 is 0 Å². The van der Waals surface area contributed by atoms with Crippen LogP contribution in [0.1, 0.15) is 34.1 Å². The van der Waals surface area contributed by atoms with E-state index in [4.69, 9.17) is 0 Å². The number of hydrogen-bond acceptors (Lipinski definition) is 2. The van der Waals surface area contributed by atoms with Crippen LogP contribution in [-0.2, 0) is 0 Å². The van der Waals surface area contributed by atoms with E-state index in [0.29, 0.717) is 5.92 Å². The Kier molecular flexibility index (Phi) is 5.71. The van der Waals surface area contributed by atoms with Gasteiger partial charge in [0.15, 0.2) is 0 Å². The molecule has 11 heavy (non-hydrogen) atoms. The highest BCUT2D eigenvalue weighted by molar-refractivity contribution is 5.88. The topological polar surface area (TPSA) is 24.7 Å². The smallest absolute Gasteiger partial charge is 0.119 e. The Bertz CT molecular complexity index is 148. The van der Waals surface area contributed by atoms with Crippen molar-refractivity contribution in [2.45, 2.75) is 34.1 Å². The summed E-state index contributed by atoms with van der Waals surface area (Å²) in [4.78, 5) is 8.32. The van der Waals surface area contributed by atoms with Crippen molar-refractivity contribution < 1.29 is 0 Å². The van der Waals surface area contributed by atoms with E-state index in [0.717, 1.165) is 18.8 Å². The van der Waals surface area contributed by atoms with Crippen molar-refractivity contribution in [2.75, 3.05) is 6.54 Å². The quantitative estimate of drug-likeness (QED) is 0.512. The Morgan fingerprint density at radius 3 is 2.73 bits per heavy atom. The molecule has 0 saturated heterocycles. The second-order valence-corrected chi connectivity index (χ2v) is 2.54. The van der Waals surface area contributed by atoms with Gasteiger partial charge in [0.1, 0.15) is 5.84 Å². The third kappa shape index (κ3) is 4.71. The lowest BCUT2D eigenvalue weighted by atomic mass is 10.1. The largest absolute Gasteiger partial charge is 0.271 e. The molecule has 1 rings (SSSR count). The molecule has 0 bridgehead atoms. The highest BCUT2D eigenvalue weighted by atomic mass is 14.9. The minimum Gasteiger partial charge on any atom is -0.271 e. The molecule has 0 saturated carbocycles. The van der Waals surface area contributed by atoms with Gasteiger partial charge in [-0.15, -0.1) is 0 Å². The summed E-state index contributed by atoms with van der Waals surface area (Å²) in [5.41, 5.74) is 0. The molecular weight excluding hydrogens is 136 g/mol. The lowest BCUT2D eigenvalue weighted by Gasteiger charge is -1.98. The van der Waals surface area contributed by atoms with Crippen LogP contribution in [-0.4, -0.2) is 18.6 Å². The standard InChI is InChI=1S/C7H12N2.C2H6/c1-6-3-4-8-7(2)9-5-6;1-2/h4,6H,3,5H2,1-2H3;1-2H3. The number of nitrogens with zero attached hydrogens (tertiary/aromatic N) is 2. The van der Waals surface area contributed by atoms with Crippen LogP contribution in [0.25, 0.3) is 0 Å². The van der Waals surface area contributed by atoms with E-state index in [1.807, 2.05) is 27.0 Å². The monoisotopic (exact) mass is 154 g/mol. The van der Waals surface area contributed by atoms with Crippen LogP contribution in [0.5, 0.6) is 0 Å². The van der Waals surface area contributed by atoms with E-state index < -0.39 is 0 Å². The van der Waals surface area contributed by atoms with Gasteiger partial charge < -0.3 is 0 Å². The van der Waals surface area contributed by atoms with Gasteiger partial charge in [0.05, 0.1) is 0 Å². The number of aliphatic imine (C=N–C) groups is 2. The van der Waals surface area contributed by atoms with Gasteiger partial charge in [-0.25, -0.2) is 4.99 Å². The van der Waals surface area contributed by atoms with Crippen LogP contribution in [0.3, 0.4) is 0 Å². The first-order chi connectivity index (χ1) is 5.29. The molecular formula is C9H18N2. The van der Waals surface area contributed by atoms with Gasteiger partial charge in [-0.1, -0.05) is 20.8 Å². The van der Waals surface area contributed by atoms with E-state index in [2.05, 4.69) is 16.9 Å². The molecule has 1 heterocycles. The zero-order valence-corrected chi connectivity index (χ0v) is 7.96. The Hall–Kier alpha value is -0.660. The molecule has 0 N–H and O–H groups in total. The number of amidine groups is 1. The highest BCUT2D eigenvalue weighted by Crippen LogP contribution is 2.03. The van der Waals surface area contributed by atoms with E-state index in [-0.39, 0.29) is 0 Å². The summed E-state index contributed by atoms with van der Waals surface area (Å²) < 4.78 is 0. The molecule has 0 aromatic heterocycles. The Morgan fingerprint density at radius 2 is 2.09 bits per heavy atom. The van der Waals surface area contributed by atoms with Crippen molar-refractivity contribution in [1.82, 2.24) is 0 Å². The first-order valence-corrected chi connectivity index (χ1v) is 4.32. The second kappa shape index (κ2) is 6.08. The van der Waals surface area contributed by atoms with Crippen molar-refractivity contribution in [3.8, 4) is 0 Å². The molecule has 0 aromatic rings. The zero-order valence-electron chi connectivity index (χ0n) is 7.96. The Balaban J connectivity index is 0.000000461. The maximum atomic E-state index is 4.22. The molecule has 1 aliphatic rings. The normalized spacial score (nSPS) is 22.9. The van der Waals surface area contributed by atoms with E-state index >= 15 is 0 Å². The van der Waals surface area contributed by atoms with E-state index in [9.17, 15) is 0 Å². The highest BCUT2D eigenvalue weighted by Gasteiger charge is 2.01. The lowest BCUT2D eigenvalue weighted by Crippen LogP contribution is -1.97. The average molecular weight is 154 g/mol. The first-order valence-electron chi connectivity index (χ1n) is 4.32. The van der Waals surface area contributed by atoms with Crippen LogP contribution in [0.15, 0.2) is 9.98 Å². The molecule has 0 spiro atoms. The van der Waals surface area contributed by atoms with Gasteiger partial charge in [0.2, 0.25) is 0 Å². The molecule has 0 amide bonds. The van der Waals surface area contributed by atoms with Crippen LogP contribution in [0, 0.1) is 5.92 Å². The lowest BCUT2D eigenvalue weighted by molar-refractivity contribution is 0.633. The molecule has 0 aliphatic carbocycles. The minimum atomic E-state index is 0.672. The SMILES string of the molecule is CC.CC1=NCC(C)CC=N1. The van der Waals surface area contributed by atoms with Gasteiger partial charge in [0.25, 0.3) is 0 Å². The first kappa shape index (κ1) is 10.3. The fraction of sp³-hybridized carbons (Fsp3) is 0.778. The summed E-state index contributed by atoms with van der Waals surface area (Å²) in [5.74, 6) is 1.59. The van der Waals surface area contributed by atoms with Gasteiger partial charge in [-0.3, -0.25) is 4.99 Å². The van der Waals surface area contributed by atoms with Crippen molar-refractivity contribution in [3.63, 3.8) is 0 Å². The maximum Gasteiger partial charge on any atom is 0.119 e. The molecule has 0 radical (unpaired) electrons. The molecule has 2 heteroatoms. The molecule has 0 aromatic carbocycles. The zero-order chi connectivity index (χ0) is 8.69. The van der Waals surface area contributed by atoms with Crippen LogP contribution < -0.4 is 0 Å². The average Bonchev–Trinajstić information content (AvgIpc) is 2.20. The van der Waals surface area contributed by atoms with Crippen molar-refractivity contribution >= 4 is 12.1 Å². The van der Waals surface area contributed by atoms with Gasteiger partial charge >= 0.3 is 0 Å². The Morgan fingerprint density at radius 1 is 1.45 bits per heavy atom. The third-order valence-corrected chi connectivity index (χ3v) is 1.42. The molecule has 1 atom stereocenters.